The van der Waals surface area contributed by atoms with Gasteiger partial charge < -0.3 is 20.5 Å². The molecule has 0 spiro atoms. The molecule has 1 aromatic carbocycles. The lowest BCUT2D eigenvalue weighted by atomic mass is 10.1. The van der Waals surface area contributed by atoms with Crippen molar-refractivity contribution in [3.05, 3.63) is 54.5 Å². The number of nitrogens with zero attached hydrogens (tertiary/aromatic N) is 5. The van der Waals surface area contributed by atoms with Crippen LogP contribution in [0.4, 0.5) is 5.95 Å². The second-order valence-corrected chi connectivity index (χ2v) is 8.03. The summed E-state index contributed by atoms with van der Waals surface area (Å²) in [7, 11) is 0. The zero-order valence-electron chi connectivity index (χ0n) is 18.9. The Hall–Kier alpha value is -3.13. The molecular formula is C24H34N8. The second kappa shape index (κ2) is 11.5. The molecule has 1 fully saturated rings. The fourth-order valence-electron chi connectivity index (χ4n) is 4.11. The van der Waals surface area contributed by atoms with E-state index in [4.69, 9.17) is 4.99 Å². The maximum Gasteiger partial charge on any atom is 0.225 e. The number of H-pyrrole nitrogens is 1. The van der Waals surface area contributed by atoms with Crippen molar-refractivity contribution in [3.63, 3.8) is 0 Å². The highest BCUT2D eigenvalue weighted by Crippen LogP contribution is 2.17. The highest BCUT2D eigenvalue weighted by molar-refractivity contribution is 5.83. The Balaban J connectivity index is 1.17. The second-order valence-electron chi connectivity index (χ2n) is 8.03. The van der Waals surface area contributed by atoms with Crippen LogP contribution in [0.15, 0.2) is 53.9 Å². The van der Waals surface area contributed by atoms with Crippen LogP contribution in [0.2, 0.25) is 0 Å². The van der Waals surface area contributed by atoms with Gasteiger partial charge in [-0.15, -0.1) is 0 Å². The number of anilines is 1. The molecule has 2 aromatic heterocycles. The van der Waals surface area contributed by atoms with Crippen molar-refractivity contribution in [1.29, 1.82) is 0 Å². The molecule has 3 N–H and O–H groups in total. The van der Waals surface area contributed by atoms with E-state index in [-0.39, 0.29) is 0 Å². The van der Waals surface area contributed by atoms with Crippen molar-refractivity contribution < 1.29 is 0 Å². The normalized spacial score (nSPS) is 15.3. The van der Waals surface area contributed by atoms with Gasteiger partial charge in [0.1, 0.15) is 0 Å². The number of para-hydroxylation sites is 1. The third-order valence-electron chi connectivity index (χ3n) is 5.82. The molecule has 0 unspecified atom stereocenters. The molecular weight excluding hydrogens is 400 g/mol. The van der Waals surface area contributed by atoms with Crippen molar-refractivity contribution in [3.8, 4) is 0 Å². The standard InChI is InChI=1S/C24H34N8/c1-2-25-23(27-13-9-20-19-30-22-8-4-3-7-21(20)22)26-12-6-14-31-15-17-32(18-16-31)24-28-10-5-11-29-24/h3-5,7-8,10-11,19,30H,2,6,9,12-18H2,1H3,(H2,25,26,27). The fraction of sp³-hybridized carbons (Fsp3) is 0.458. The summed E-state index contributed by atoms with van der Waals surface area (Å²) in [5, 5.41) is 8.14. The monoisotopic (exact) mass is 434 g/mol. The summed E-state index contributed by atoms with van der Waals surface area (Å²) < 4.78 is 0. The molecule has 170 valence electrons. The molecule has 4 rings (SSSR count). The molecule has 0 radical (unpaired) electrons. The number of hydrogen-bond donors (Lipinski definition) is 3. The molecule has 0 saturated carbocycles. The lowest BCUT2D eigenvalue weighted by molar-refractivity contribution is 0.255. The number of rotatable bonds is 9. The maximum atomic E-state index is 4.77. The van der Waals surface area contributed by atoms with Crippen LogP contribution in [0.5, 0.6) is 0 Å². The fourth-order valence-corrected chi connectivity index (χ4v) is 4.11. The Kier molecular flexibility index (Phi) is 7.92. The molecule has 3 aromatic rings. The van der Waals surface area contributed by atoms with Gasteiger partial charge in [0.25, 0.3) is 0 Å². The number of aliphatic imine (C=N–C) groups is 1. The highest BCUT2D eigenvalue weighted by Gasteiger charge is 2.18. The Morgan fingerprint density at radius 1 is 1.06 bits per heavy atom. The van der Waals surface area contributed by atoms with Gasteiger partial charge in [-0.3, -0.25) is 9.89 Å². The third-order valence-corrected chi connectivity index (χ3v) is 5.82. The summed E-state index contributed by atoms with van der Waals surface area (Å²) in [4.78, 5) is 21.6. The van der Waals surface area contributed by atoms with E-state index >= 15 is 0 Å². The summed E-state index contributed by atoms with van der Waals surface area (Å²) in [6.45, 7) is 9.77. The largest absolute Gasteiger partial charge is 0.361 e. The van der Waals surface area contributed by atoms with Crippen molar-refractivity contribution in [2.45, 2.75) is 19.8 Å². The van der Waals surface area contributed by atoms with E-state index in [9.17, 15) is 0 Å². The van der Waals surface area contributed by atoms with E-state index in [0.717, 1.165) is 77.1 Å². The smallest absolute Gasteiger partial charge is 0.225 e. The highest BCUT2D eigenvalue weighted by atomic mass is 15.3. The van der Waals surface area contributed by atoms with Crippen molar-refractivity contribution >= 4 is 22.8 Å². The first-order valence-electron chi connectivity index (χ1n) is 11.6. The van der Waals surface area contributed by atoms with E-state index in [2.05, 4.69) is 72.8 Å². The molecule has 8 nitrogen and oxygen atoms in total. The number of piperazine rings is 1. The predicted molar refractivity (Wildman–Crippen MR) is 131 cm³/mol. The van der Waals surface area contributed by atoms with E-state index in [1.165, 1.54) is 16.5 Å². The number of hydrogen-bond acceptors (Lipinski definition) is 5. The van der Waals surface area contributed by atoms with Crippen LogP contribution in [0, 0.1) is 0 Å². The van der Waals surface area contributed by atoms with Crippen LogP contribution in [-0.2, 0) is 6.42 Å². The van der Waals surface area contributed by atoms with E-state index in [1.807, 2.05) is 18.5 Å². The molecule has 1 aliphatic rings. The van der Waals surface area contributed by atoms with Crippen LogP contribution in [0.1, 0.15) is 18.9 Å². The summed E-state index contributed by atoms with van der Waals surface area (Å²) in [5.74, 6) is 1.74. The molecule has 0 aliphatic carbocycles. The number of benzene rings is 1. The number of nitrogens with one attached hydrogen (secondary N) is 3. The lowest BCUT2D eigenvalue weighted by Crippen LogP contribution is -2.47. The SMILES string of the molecule is CCNC(=NCCCN1CCN(c2ncccn2)CC1)NCCc1c[nH]c2ccccc12. The minimum absolute atomic E-state index is 0.824. The Bertz CT molecular complexity index is 976. The number of aromatic amines is 1. The van der Waals surface area contributed by atoms with Gasteiger partial charge in [-0.1, -0.05) is 18.2 Å². The third kappa shape index (κ3) is 5.97. The van der Waals surface area contributed by atoms with Gasteiger partial charge in [0.2, 0.25) is 5.95 Å². The van der Waals surface area contributed by atoms with Crippen molar-refractivity contribution in [2.75, 3.05) is 57.3 Å². The number of aromatic nitrogens is 3. The molecule has 0 amide bonds. The predicted octanol–water partition coefficient (Wildman–Crippen LogP) is 2.27. The van der Waals surface area contributed by atoms with E-state index < -0.39 is 0 Å². The average Bonchev–Trinajstić information content (AvgIpc) is 3.26. The quantitative estimate of drug-likeness (QED) is 0.272. The molecule has 0 bridgehead atoms. The summed E-state index contributed by atoms with van der Waals surface area (Å²) in [5.41, 5.74) is 2.53. The summed E-state index contributed by atoms with van der Waals surface area (Å²) in [6, 6.07) is 10.3. The van der Waals surface area contributed by atoms with Gasteiger partial charge in [-0.05, 0) is 37.5 Å². The van der Waals surface area contributed by atoms with Gasteiger partial charge in [-0.25, -0.2) is 9.97 Å². The van der Waals surface area contributed by atoms with Crippen LogP contribution in [0.25, 0.3) is 10.9 Å². The molecule has 3 heterocycles. The minimum Gasteiger partial charge on any atom is -0.361 e. The van der Waals surface area contributed by atoms with Gasteiger partial charge >= 0.3 is 0 Å². The zero-order valence-corrected chi connectivity index (χ0v) is 18.9. The summed E-state index contributed by atoms with van der Waals surface area (Å²) in [6.07, 6.45) is 7.75. The number of fused-ring (bicyclic) bond motifs is 1. The lowest BCUT2D eigenvalue weighted by Gasteiger charge is -2.34. The van der Waals surface area contributed by atoms with Gasteiger partial charge in [-0.2, -0.15) is 0 Å². The minimum atomic E-state index is 0.824. The van der Waals surface area contributed by atoms with Crippen LogP contribution >= 0.6 is 0 Å². The Labute approximate surface area is 190 Å². The molecule has 0 atom stereocenters. The Morgan fingerprint density at radius 3 is 2.69 bits per heavy atom. The molecule has 1 aliphatic heterocycles. The van der Waals surface area contributed by atoms with Gasteiger partial charge in [0.05, 0.1) is 0 Å². The van der Waals surface area contributed by atoms with Crippen molar-refractivity contribution in [2.24, 2.45) is 4.99 Å². The topological polar surface area (TPSA) is 84.5 Å². The molecule has 8 heteroatoms. The first-order chi connectivity index (χ1) is 15.8. The van der Waals surface area contributed by atoms with Crippen LogP contribution < -0.4 is 15.5 Å². The van der Waals surface area contributed by atoms with E-state index in [1.54, 1.807) is 0 Å². The average molecular weight is 435 g/mol. The summed E-state index contributed by atoms with van der Waals surface area (Å²) >= 11 is 0. The Morgan fingerprint density at radius 2 is 1.88 bits per heavy atom. The zero-order chi connectivity index (χ0) is 22.0. The van der Waals surface area contributed by atoms with E-state index in [0.29, 0.717) is 0 Å². The van der Waals surface area contributed by atoms with Gasteiger partial charge in [0, 0.05) is 81.9 Å². The molecule has 1 saturated heterocycles. The number of guanidine groups is 1. The van der Waals surface area contributed by atoms with Gasteiger partial charge in [0.15, 0.2) is 5.96 Å². The van der Waals surface area contributed by atoms with Crippen LogP contribution in [0.3, 0.4) is 0 Å². The van der Waals surface area contributed by atoms with Crippen LogP contribution in [-0.4, -0.2) is 78.2 Å². The maximum absolute atomic E-state index is 4.77. The van der Waals surface area contributed by atoms with Crippen molar-refractivity contribution in [1.82, 2.24) is 30.5 Å². The first kappa shape index (κ1) is 22.1. The first-order valence-corrected chi connectivity index (χ1v) is 11.6. The molecule has 32 heavy (non-hydrogen) atoms.